The van der Waals surface area contributed by atoms with Crippen molar-refractivity contribution in [2.24, 2.45) is 0 Å². The van der Waals surface area contributed by atoms with E-state index in [1.807, 2.05) is 37.5 Å². The van der Waals surface area contributed by atoms with Crippen LogP contribution in [0.4, 0.5) is 5.82 Å². The number of nitrogens with one attached hydrogen (secondary N) is 1. The van der Waals surface area contributed by atoms with E-state index >= 15 is 0 Å². The molecule has 0 saturated heterocycles. The highest BCUT2D eigenvalue weighted by molar-refractivity contribution is 5.75. The lowest BCUT2D eigenvalue weighted by Crippen LogP contribution is -2.31. The molecule has 0 radical (unpaired) electrons. The van der Waals surface area contributed by atoms with Gasteiger partial charge >= 0.3 is 0 Å². The second-order valence-corrected chi connectivity index (χ2v) is 4.38. The number of fused-ring (bicyclic) bond motifs is 1. The molecule has 1 aromatic carbocycles. The van der Waals surface area contributed by atoms with Gasteiger partial charge in [0.15, 0.2) is 0 Å². The minimum absolute atomic E-state index is 0.736. The molecular weight excluding hydrogens is 240 g/mol. The molecule has 0 amide bonds. The van der Waals surface area contributed by atoms with E-state index < -0.39 is 0 Å². The van der Waals surface area contributed by atoms with E-state index in [-0.39, 0.29) is 0 Å². The standard InChI is InChI=1S/C14H20N4O/c1-18(9-7-15-8-10-19-2)14-11-16-12-5-3-4-6-13(12)17-14/h3-6,11,15H,7-10H2,1-2H3. The highest BCUT2D eigenvalue weighted by atomic mass is 16.5. The third-order valence-corrected chi connectivity index (χ3v) is 2.93. The van der Waals surface area contributed by atoms with E-state index in [9.17, 15) is 0 Å². The molecule has 0 unspecified atom stereocenters. The van der Waals surface area contributed by atoms with Crippen molar-refractivity contribution in [3.8, 4) is 0 Å². The largest absolute Gasteiger partial charge is 0.383 e. The van der Waals surface area contributed by atoms with Gasteiger partial charge in [0.1, 0.15) is 5.82 Å². The fourth-order valence-corrected chi connectivity index (χ4v) is 1.79. The number of para-hydroxylation sites is 2. The number of aromatic nitrogens is 2. The molecule has 0 aliphatic carbocycles. The molecule has 0 spiro atoms. The number of nitrogens with zero attached hydrogens (tertiary/aromatic N) is 3. The molecule has 0 aliphatic heterocycles. The zero-order chi connectivity index (χ0) is 13.5. The van der Waals surface area contributed by atoms with Crippen molar-refractivity contribution in [2.75, 3.05) is 45.3 Å². The molecule has 19 heavy (non-hydrogen) atoms. The fourth-order valence-electron chi connectivity index (χ4n) is 1.79. The zero-order valence-corrected chi connectivity index (χ0v) is 11.5. The van der Waals surface area contributed by atoms with Crippen LogP contribution in [-0.4, -0.2) is 50.4 Å². The number of rotatable bonds is 7. The van der Waals surface area contributed by atoms with E-state index in [1.165, 1.54) is 0 Å². The summed E-state index contributed by atoms with van der Waals surface area (Å²) >= 11 is 0. The summed E-state index contributed by atoms with van der Waals surface area (Å²) in [5.74, 6) is 0.896. The van der Waals surface area contributed by atoms with Gasteiger partial charge in [0.2, 0.25) is 0 Å². The number of hydrogen-bond acceptors (Lipinski definition) is 5. The van der Waals surface area contributed by atoms with E-state index in [2.05, 4.69) is 20.2 Å². The fraction of sp³-hybridized carbons (Fsp3) is 0.429. The molecular formula is C14H20N4O. The molecule has 2 aromatic rings. The summed E-state index contributed by atoms with van der Waals surface area (Å²) in [5.41, 5.74) is 1.86. The normalized spacial score (nSPS) is 10.8. The van der Waals surface area contributed by atoms with Crippen LogP contribution in [0.5, 0.6) is 0 Å². The maximum Gasteiger partial charge on any atom is 0.147 e. The molecule has 1 aromatic heterocycles. The molecule has 0 aliphatic rings. The molecule has 2 rings (SSSR count). The van der Waals surface area contributed by atoms with Crippen molar-refractivity contribution >= 4 is 16.9 Å². The third-order valence-electron chi connectivity index (χ3n) is 2.93. The van der Waals surface area contributed by atoms with Gasteiger partial charge in [-0.2, -0.15) is 0 Å². The second-order valence-electron chi connectivity index (χ2n) is 4.38. The van der Waals surface area contributed by atoms with Crippen molar-refractivity contribution in [3.05, 3.63) is 30.5 Å². The Balaban J connectivity index is 1.91. The summed E-state index contributed by atoms with van der Waals surface area (Å²) in [6, 6.07) is 7.90. The van der Waals surface area contributed by atoms with Crippen molar-refractivity contribution in [2.45, 2.75) is 0 Å². The second kappa shape index (κ2) is 7.01. The van der Waals surface area contributed by atoms with Crippen molar-refractivity contribution in [1.29, 1.82) is 0 Å². The number of benzene rings is 1. The van der Waals surface area contributed by atoms with E-state index in [1.54, 1.807) is 7.11 Å². The maximum absolute atomic E-state index is 4.98. The van der Waals surface area contributed by atoms with Crippen LogP contribution in [0.15, 0.2) is 30.5 Å². The SMILES string of the molecule is COCCNCCN(C)c1cnc2ccccc2n1. The summed E-state index contributed by atoms with van der Waals surface area (Å²) in [6.45, 7) is 3.39. The molecule has 0 fully saturated rings. The summed E-state index contributed by atoms with van der Waals surface area (Å²) < 4.78 is 4.98. The molecule has 1 heterocycles. The van der Waals surface area contributed by atoms with Crippen LogP contribution in [0.25, 0.3) is 11.0 Å². The Morgan fingerprint density at radius 3 is 2.79 bits per heavy atom. The quantitative estimate of drug-likeness (QED) is 0.761. The van der Waals surface area contributed by atoms with Gasteiger partial charge in [-0.15, -0.1) is 0 Å². The number of hydrogen-bond donors (Lipinski definition) is 1. The van der Waals surface area contributed by atoms with Gasteiger partial charge in [-0.1, -0.05) is 12.1 Å². The van der Waals surface area contributed by atoms with E-state index in [4.69, 9.17) is 4.74 Å². The Labute approximate surface area is 113 Å². The van der Waals surface area contributed by atoms with Gasteiger partial charge in [-0.25, -0.2) is 4.98 Å². The smallest absolute Gasteiger partial charge is 0.147 e. The van der Waals surface area contributed by atoms with Gasteiger partial charge in [0.25, 0.3) is 0 Å². The van der Waals surface area contributed by atoms with E-state index in [0.29, 0.717) is 0 Å². The lowest BCUT2D eigenvalue weighted by Gasteiger charge is -2.18. The summed E-state index contributed by atoms with van der Waals surface area (Å²) in [7, 11) is 3.73. The molecule has 0 bridgehead atoms. The van der Waals surface area contributed by atoms with Gasteiger partial charge in [0.05, 0.1) is 23.8 Å². The first-order chi connectivity index (χ1) is 9.31. The Kier molecular flexibility index (Phi) is 5.06. The van der Waals surface area contributed by atoms with Crippen LogP contribution < -0.4 is 10.2 Å². The number of methoxy groups -OCH3 is 1. The average Bonchev–Trinajstić information content (AvgIpc) is 2.46. The van der Waals surface area contributed by atoms with Crippen molar-refractivity contribution < 1.29 is 4.74 Å². The molecule has 0 saturated carbocycles. The number of likely N-dealkylation sites (N-methyl/N-ethyl adjacent to an activating group) is 1. The highest BCUT2D eigenvalue weighted by Crippen LogP contribution is 2.13. The van der Waals surface area contributed by atoms with Gasteiger partial charge in [-0.3, -0.25) is 4.98 Å². The molecule has 0 atom stereocenters. The van der Waals surface area contributed by atoms with Crippen molar-refractivity contribution in [3.63, 3.8) is 0 Å². The predicted molar refractivity (Wildman–Crippen MR) is 77.6 cm³/mol. The first kappa shape index (κ1) is 13.7. The molecule has 5 heteroatoms. The van der Waals surface area contributed by atoms with Crippen LogP contribution in [0, 0.1) is 0 Å². The number of ether oxygens (including phenoxy) is 1. The molecule has 5 nitrogen and oxygen atoms in total. The van der Waals surface area contributed by atoms with Crippen LogP contribution in [0.3, 0.4) is 0 Å². The Morgan fingerprint density at radius 2 is 2.00 bits per heavy atom. The van der Waals surface area contributed by atoms with Gasteiger partial charge in [0, 0.05) is 33.8 Å². The highest BCUT2D eigenvalue weighted by Gasteiger charge is 2.04. The minimum atomic E-state index is 0.736. The predicted octanol–water partition coefficient (Wildman–Crippen LogP) is 1.30. The lowest BCUT2D eigenvalue weighted by atomic mass is 10.3. The topological polar surface area (TPSA) is 50.3 Å². The molecule has 102 valence electrons. The third kappa shape index (κ3) is 3.87. The maximum atomic E-state index is 4.98. The first-order valence-electron chi connectivity index (χ1n) is 6.44. The average molecular weight is 260 g/mol. The Morgan fingerprint density at radius 1 is 1.21 bits per heavy atom. The summed E-state index contributed by atoms with van der Waals surface area (Å²) in [4.78, 5) is 11.1. The number of anilines is 1. The minimum Gasteiger partial charge on any atom is -0.383 e. The lowest BCUT2D eigenvalue weighted by molar-refractivity contribution is 0.200. The summed E-state index contributed by atoms with van der Waals surface area (Å²) in [5, 5.41) is 3.31. The van der Waals surface area contributed by atoms with E-state index in [0.717, 1.165) is 43.1 Å². The first-order valence-corrected chi connectivity index (χ1v) is 6.44. The van der Waals surface area contributed by atoms with Crippen LogP contribution in [-0.2, 0) is 4.74 Å². The van der Waals surface area contributed by atoms with Crippen molar-refractivity contribution in [1.82, 2.24) is 15.3 Å². The zero-order valence-electron chi connectivity index (χ0n) is 11.5. The van der Waals surface area contributed by atoms with Gasteiger partial charge in [-0.05, 0) is 12.1 Å². The van der Waals surface area contributed by atoms with Crippen LogP contribution in [0.1, 0.15) is 0 Å². The Hall–Kier alpha value is -1.72. The molecule has 1 N–H and O–H groups in total. The van der Waals surface area contributed by atoms with Crippen LogP contribution >= 0.6 is 0 Å². The summed E-state index contributed by atoms with van der Waals surface area (Å²) in [6.07, 6.45) is 1.82. The van der Waals surface area contributed by atoms with Crippen LogP contribution in [0.2, 0.25) is 0 Å². The monoisotopic (exact) mass is 260 g/mol. The van der Waals surface area contributed by atoms with Gasteiger partial charge < -0.3 is 15.0 Å². The Bertz CT molecular complexity index is 518.